The first-order valence-corrected chi connectivity index (χ1v) is 12.8. The van der Waals surface area contributed by atoms with Crippen LogP contribution in [0.1, 0.15) is 44.6 Å². The van der Waals surface area contributed by atoms with Crippen molar-refractivity contribution in [2.24, 2.45) is 0 Å². The standard InChI is InChI=1S/C32H34FNO3/c1-3-26-23-29(33)15-14-27(26)8-4-6-24-9-12-28(13-10-24)32(35)30-22-25(11-16-31(30)36-2)7-5-17-34-18-20-37-21-19-34/h3,5,7,9-16,22-23H,1,4,6,8,17-21H2,2H3/b7-5+. The molecule has 0 bridgehead atoms. The molecule has 0 aliphatic carbocycles. The maximum atomic E-state index is 13.4. The lowest BCUT2D eigenvalue weighted by Crippen LogP contribution is -2.36. The first-order valence-electron chi connectivity index (χ1n) is 12.8. The van der Waals surface area contributed by atoms with Crippen molar-refractivity contribution in [2.45, 2.75) is 19.3 Å². The molecular weight excluding hydrogens is 465 g/mol. The molecule has 0 aromatic heterocycles. The Bertz CT molecular complexity index is 1240. The molecule has 1 fully saturated rings. The predicted octanol–water partition coefficient (Wildman–Crippen LogP) is 6.23. The van der Waals surface area contributed by atoms with Gasteiger partial charge in [0.2, 0.25) is 0 Å². The Morgan fingerprint density at radius 3 is 2.57 bits per heavy atom. The molecule has 0 N–H and O–H groups in total. The number of carbonyl (C=O) groups excluding carboxylic acids is 1. The summed E-state index contributed by atoms with van der Waals surface area (Å²) < 4.78 is 24.3. The Balaban J connectivity index is 1.38. The Labute approximate surface area is 219 Å². The van der Waals surface area contributed by atoms with Crippen LogP contribution in [-0.4, -0.2) is 50.6 Å². The number of hydrogen-bond donors (Lipinski definition) is 0. The van der Waals surface area contributed by atoms with Crippen molar-refractivity contribution >= 4 is 17.9 Å². The quantitative estimate of drug-likeness (QED) is 0.293. The number of aryl methyl sites for hydroxylation is 2. The number of morpholine rings is 1. The number of ether oxygens (including phenoxy) is 2. The van der Waals surface area contributed by atoms with Crippen LogP contribution in [0.4, 0.5) is 4.39 Å². The van der Waals surface area contributed by atoms with Gasteiger partial charge in [0, 0.05) is 25.2 Å². The van der Waals surface area contributed by atoms with E-state index >= 15 is 0 Å². The zero-order chi connectivity index (χ0) is 26.0. The minimum Gasteiger partial charge on any atom is -0.496 e. The fourth-order valence-electron chi connectivity index (χ4n) is 4.57. The normalized spacial score (nSPS) is 14.1. The van der Waals surface area contributed by atoms with Gasteiger partial charge in [-0.3, -0.25) is 9.69 Å². The van der Waals surface area contributed by atoms with Crippen LogP contribution < -0.4 is 4.74 Å². The molecule has 3 aromatic rings. The monoisotopic (exact) mass is 499 g/mol. The summed E-state index contributed by atoms with van der Waals surface area (Å²) in [6.07, 6.45) is 8.50. The topological polar surface area (TPSA) is 38.8 Å². The molecule has 1 aliphatic rings. The Morgan fingerprint density at radius 1 is 1.05 bits per heavy atom. The molecule has 4 rings (SSSR count). The molecule has 0 spiro atoms. The van der Waals surface area contributed by atoms with Crippen LogP contribution in [0.3, 0.4) is 0 Å². The van der Waals surface area contributed by atoms with Crippen molar-refractivity contribution in [3.05, 3.63) is 113 Å². The van der Waals surface area contributed by atoms with Crippen molar-refractivity contribution in [3.8, 4) is 5.75 Å². The zero-order valence-corrected chi connectivity index (χ0v) is 21.4. The van der Waals surface area contributed by atoms with Crippen LogP contribution in [0.15, 0.2) is 73.3 Å². The van der Waals surface area contributed by atoms with Gasteiger partial charge in [0.1, 0.15) is 11.6 Å². The summed E-state index contributed by atoms with van der Waals surface area (Å²) in [6, 6.07) is 18.3. The van der Waals surface area contributed by atoms with E-state index < -0.39 is 0 Å². The average Bonchev–Trinajstić information content (AvgIpc) is 2.94. The minimum absolute atomic E-state index is 0.0613. The van der Waals surface area contributed by atoms with E-state index in [9.17, 15) is 9.18 Å². The van der Waals surface area contributed by atoms with E-state index in [-0.39, 0.29) is 11.6 Å². The number of methoxy groups -OCH3 is 1. The van der Waals surface area contributed by atoms with Gasteiger partial charge < -0.3 is 9.47 Å². The van der Waals surface area contributed by atoms with Crippen molar-refractivity contribution < 1.29 is 18.7 Å². The molecule has 5 heteroatoms. The third-order valence-electron chi connectivity index (χ3n) is 6.70. The van der Waals surface area contributed by atoms with Gasteiger partial charge in [-0.15, -0.1) is 0 Å². The molecule has 0 radical (unpaired) electrons. The van der Waals surface area contributed by atoms with E-state index in [0.29, 0.717) is 16.9 Å². The lowest BCUT2D eigenvalue weighted by Gasteiger charge is -2.25. The van der Waals surface area contributed by atoms with Gasteiger partial charge >= 0.3 is 0 Å². The number of halogens is 1. The van der Waals surface area contributed by atoms with Crippen molar-refractivity contribution in [3.63, 3.8) is 0 Å². The molecule has 0 unspecified atom stereocenters. The van der Waals surface area contributed by atoms with E-state index in [2.05, 4.69) is 17.6 Å². The Kier molecular flexibility index (Phi) is 9.41. The van der Waals surface area contributed by atoms with Gasteiger partial charge in [-0.1, -0.05) is 61.2 Å². The number of nitrogens with zero attached hydrogens (tertiary/aromatic N) is 1. The molecular formula is C32H34FNO3. The van der Waals surface area contributed by atoms with E-state index in [1.807, 2.05) is 54.6 Å². The van der Waals surface area contributed by atoms with Crippen LogP contribution in [0, 0.1) is 5.82 Å². The number of ketones is 1. The highest BCUT2D eigenvalue weighted by Crippen LogP contribution is 2.24. The third-order valence-corrected chi connectivity index (χ3v) is 6.70. The van der Waals surface area contributed by atoms with Gasteiger partial charge in [-0.05, 0) is 65.8 Å². The molecule has 1 saturated heterocycles. The maximum absolute atomic E-state index is 13.4. The molecule has 3 aromatic carbocycles. The lowest BCUT2D eigenvalue weighted by atomic mass is 9.97. The third kappa shape index (κ3) is 7.25. The van der Waals surface area contributed by atoms with Crippen molar-refractivity contribution in [1.29, 1.82) is 0 Å². The Morgan fingerprint density at radius 2 is 1.84 bits per heavy atom. The first-order chi connectivity index (χ1) is 18.1. The molecule has 192 valence electrons. The molecule has 4 nitrogen and oxygen atoms in total. The van der Waals surface area contributed by atoms with Gasteiger partial charge in [0.15, 0.2) is 5.78 Å². The van der Waals surface area contributed by atoms with Crippen LogP contribution in [0.5, 0.6) is 5.75 Å². The summed E-state index contributed by atoms with van der Waals surface area (Å²) in [7, 11) is 1.59. The van der Waals surface area contributed by atoms with E-state index in [0.717, 1.165) is 74.4 Å². The van der Waals surface area contributed by atoms with Gasteiger partial charge in [0.25, 0.3) is 0 Å². The highest BCUT2D eigenvalue weighted by atomic mass is 19.1. The molecule has 0 saturated carbocycles. The summed E-state index contributed by atoms with van der Waals surface area (Å²) in [5, 5.41) is 0. The fourth-order valence-corrected chi connectivity index (χ4v) is 4.57. The molecule has 0 atom stereocenters. The van der Waals surface area contributed by atoms with E-state index in [4.69, 9.17) is 9.47 Å². The predicted molar refractivity (Wildman–Crippen MR) is 148 cm³/mol. The van der Waals surface area contributed by atoms with E-state index in [1.165, 1.54) is 12.1 Å². The lowest BCUT2D eigenvalue weighted by molar-refractivity contribution is 0.0435. The summed E-state index contributed by atoms with van der Waals surface area (Å²) in [4.78, 5) is 15.7. The summed E-state index contributed by atoms with van der Waals surface area (Å²) in [5.74, 6) is 0.260. The second kappa shape index (κ2) is 13.1. The molecule has 1 aliphatic heterocycles. The van der Waals surface area contributed by atoms with E-state index in [1.54, 1.807) is 13.2 Å². The van der Waals surface area contributed by atoms with Crippen molar-refractivity contribution in [2.75, 3.05) is 40.0 Å². The van der Waals surface area contributed by atoms with Crippen LogP contribution in [-0.2, 0) is 17.6 Å². The van der Waals surface area contributed by atoms with Gasteiger partial charge in [-0.25, -0.2) is 4.39 Å². The molecule has 37 heavy (non-hydrogen) atoms. The average molecular weight is 500 g/mol. The smallest absolute Gasteiger partial charge is 0.196 e. The largest absolute Gasteiger partial charge is 0.496 e. The number of rotatable bonds is 11. The maximum Gasteiger partial charge on any atom is 0.196 e. The highest BCUT2D eigenvalue weighted by Gasteiger charge is 2.15. The number of carbonyl (C=O) groups is 1. The zero-order valence-electron chi connectivity index (χ0n) is 21.4. The SMILES string of the molecule is C=Cc1cc(F)ccc1CCCc1ccc(C(=O)c2cc(/C=C/CN3CCOCC3)ccc2OC)cc1. The first kappa shape index (κ1) is 26.5. The Hall–Kier alpha value is -3.54. The van der Waals surface area contributed by atoms with Crippen LogP contribution >= 0.6 is 0 Å². The van der Waals surface area contributed by atoms with Crippen molar-refractivity contribution in [1.82, 2.24) is 4.90 Å². The summed E-state index contributed by atoms with van der Waals surface area (Å²) in [5.41, 5.74) is 5.24. The van der Waals surface area contributed by atoms with Crippen LogP contribution in [0.25, 0.3) is 12.2 Å². The van der Waals surface area contributed by atoms with Gasteiger partial charge in [-0.2, -0.15) is 0 Å². The molecule has 0 amide bonds. The fraction of sp³-hybridized carbons (Fsp3) is 0.281. The highest BCUT2D eigenvalue weighted by molar-refractivity contribution is 6.11. The van der Waals surface area contributed by atoms with Gasteiger partial charge in [0.05, 0.1) is 25.9 Å². The summed E-state index contributed by atoms with van der Waals surface area (Å²) >= 11 is 0. The number of hydrogen-bond acceptors (Lipinski definition) is 4. The minimum atomic E-state index is -0.245. The second-order valence-electron chi connectivity index (χ2n) is 9.20. The second-order valence-corrected chi connectivity index (χ2v) is 9.20. The molecule has 1 heterocycles. The van der Waals surface area contributed by atoms with Crippen LogP contribution in [0.2, 0.25) is 0 Å². The number of benzene rings is 3. The summed E-state index contributed by atoms with van der Waals surface area (Å²) in [6.45, 7) is 8.07.